The summed E-state index contributed by atoms with van der Waals surface area (Å²) in [7, 11) is 0. The van der Waals surface area contributed by atoms with Crippen molar-refractivity contribution in [2.24, 2.45) is 29.4 Å². The molecule has 2 atom stereocenters. The van der Waals surface area contributed by atoms with Crippen LogP contribution in [0.25, 0.3) is 0 Å². The first-order valence-electron chi connectivity index (χ1n) is 8.09. The van der Waals surface area contributed by atoms with Gasteiger partial charge >= 0.3 is 0 Å². The third-order valence-corrected chi connectivity index (χ3v) is 5.99. The topological polar surface area (TPSA) is 55.1 Å². The lowest BCUT2D eigenvalue weighted by atomic mass is 9.53. The second-order valence-corrected chi connectivity index (χ2v) is 7.60. The first-order chi connectivity index (χ1) is 9.01. The van der Waals surface area contributed by atoms with Crippen molar-refractivity contribution in [1.29, 1.82) is 0 Å². The zero-order valence-corrected chi connectivity index (χ0v) is 13.5. The lowest BCUT2D eigenvalue weighted by molar-refractivity contribution is -0.129. The molecule has 116 valence electrons. The van der Waals surface area contributed by atoms with Gasteiger partial charge in [-0.15, -0.1) is 12.4 Å². The highest BCUT2D eigenvalue weighted by molar-refractivity contribution is 5.85. The van der Waals surface area contributed by atoms with Gasteiger partial charge in [-0.25, -0.2) is 0 Å². The quantitative estimate of drug-likeness (QED) is 0.839. The number of amides is 1. The fourth-order valence-corrected chi connectivity index (χ4v) is 5.12. The van der Waals surface area contributed by atoms with Crippen molar-refractivity contribution in [3.05, 3.63) is 0 Å². The van der Waals surface area contributed by atoms with Gasteiger partial charge in [0.25, 0.3) is 0 Å². The maximum atomic E-state index is 12.4. The molecule has 4 aliphatic rings. The Morgan fingerprint density at radius 1 is 1.20 bits per heavy atom. The van der Waals surface area contributed by atoms with Crippen molar-refractivity contribution in [3.8, 4) is 0 Å². The third-order valence-electron chi connectivity index (χ3n) is 5.99. The molecule has 4 fully saturated rings. The molecule has 1 amide bonds. The number of hydrogen-bond acceptors (Lipinski definition) is 2. The highest BCUT2D eigenvalue weighted by atomic mass is 35.5. The molecule has 4 rings (SSSR count). The summed E-state index contributed by atoms with van der Waals surface area (Å²) in [4.78, 5) is 12.4. The second-order valence-electron chi connectivity index (χ2n) is 7.60. The molecule has 4 aliphatic carbocycles. The van der Waals surface area contributed by atoms with Gasteiger partial charge in [-0.05, 0) is 62.2 Å². The molecule has 4 saturated carbocycles. The van der Waals surface area contributed by atoms with E-state index in [1.165, 1.54) is 38.5 Å². The van der Waals surface area contributed by atoms with E-state index in [2.05, 4.69) is 19.2 Å². The van der Waals surface area contributed by atoms with Crippen molar-refractivity contribution < 1.29 is 4.79 Å². The molecule has 0 aromatic rings. The summed E-state index contributed by atoms with van der Waals surface area (Å²) in [5, 5.41) is 3.38. The lowest BCUT2D eigenvalue weighted by Gasteiger charge is -2.57. The number of hydrogen-bond donors (Lipinski definition) is 2. The number of nitrogens with one attached hydrogen (secondary N) is 1. The normalized spacial score (nSPS) is 40.9. The first-order valence-corrected chi connectivity index (χ1v) is 8.09. The van der Waals surface area contributed by atoms with Crippen LogP contribution in [0.5, 0.6) is 0 Å². The second kappa shape index (κ2) is 5.84. The van der Waals surface area contributed by atoms with E-state index in [-0.39, 0.29) is 35.8 Å². The van der Waals surface area contributed by atoms with Crippen LogP contribution >= 0.6 is 12.4 Å². The van der Waals surface area contributed by atoms with Gasteiger partial charge in [-0.3, -0.25) is 4.79 Å². The van der Waals surface area contributed by atoms with Gasteiger partial charge in [0.15, 0.2) is 0 Å². The predicted molar refractivity (Wildman–Crippen MR) is 83.7 cm³/mol. The summed E-state index contributed by atoms with van der Waals surface area (Å²) < 4.78 is 0. The number of nitrogens with two attached hydrogens (primary N) is 1. The van der Waals surface area contributed by atoms with Crippen LogP contribution < -0.4 is 11.1 Å². The predicted octanol–water partition coefficient (Wildman–Crippen LogP) is 2.87. The van der Waals surface area contributed by atoms with E-state index in [9.17, 15) is 4.79 Å². The van der Waals surface area contributed by atoms with Crippen molar-refractivity contribution in [2.45, 2.75) is 70.4 Å². The number of halogens is 1. The van der Waals surface area contributed by atoms with Crippen LogP contribution in [0.15, 0.2) is 0 Å². The highest BCUT2D eigenvalue weighted by Gasteiger charge is 2.51. The monoisotopic (exact) mass is 300 g/mol. The van der Waals surface area contributed by atoms with E-state index < -0.39 is 0 Å². The van der Waals surface area contributed by atoms with Gasteiger partial charge < -0.3 is 11.1 Å². The smallest absolute Gasteiger partial charge is 0.237 e. The van der Waals surface area contributed by atoms with Crippen LogP contribution in [0, 0.1) is 23.7 Å². The number of carbonyl (C=O) groups excluding carboxylic acids is 1. The molecular weight excluding hydrogens is 272 g/mol. The molecule has 4 heteroatoms. The van der Waals surface area contributed by atoms with Crippen LogP contribution in [0.4, 0.5) is 0 Å². The Labute approximate surface area is 128 Å². The Kier molecular flexibility index (Phi) is 4.70. The molecule has 0 aromatic carbocycles. The van der Waals surface area contributed by atoms with Crippen LogP contribution in [0.1, 0.15) is 58.8 Å². The maximum absolute atomic E-state index is 12.4. The molecule has 3 nitrogen and oxygen atoms in total. The van der Waals surface area contributed by atoms with Gasteiger partial charge in [-0.2, -0.15) is 0 Å². The molecule has 0 spiro atoms. The molecule has 1 unspecified atom stereocenters. The van der Waals surface area contributed by atoms with Gasteiger partial charge in [-0.1, -0.05) is 20.3 Å². The Bertz CT molecular complexity index is 336. The first kappa shape index (κ1) is 16.1. The van der Waals surface area contributed by atoms with Gasteiger partial charge in [0.2, 0.25) is 5.91 Å². The van der Waals surface area contributed by atoms with Crippen LogP contribution in [0.2, 0.25) is 0 Å². The van der Waals surface area contributed by atoms with E-state index in [0.29, 0.717) is 0 Å². The van der Waals surface area contributed by atoms with E-state index in [0.717, 1.165) is 24.2 Å². The van der Waals surface area contributed by atoms with E-state index >= 15 is 0 Å². The minimum Gasteiger partial charge on any atom is -0.349 e. The van der Waals surface area contributed by atoms with E-state index in [1.807, 2.05) is 0 Å². The Hall–Kier alpha value is -0.280. The fraction of sp³-hybridized carbons (Fsp3) is 0.938. The molecule has 0 radical (unpaired) electrons. The van der Waals surface area contributed by atoms with Crippen LogP contribution in [0.3, 0.4) is 0 Å². The molecule has 0 saturated heterocycles. The molecule has 3 N–H and O–H groups in total. The Morgan fingerprint density at radius 2 is 1.65 bits per heavy atom. The standard InChI is InChI=1S/C16H28N2O.ClH/c1-3-10(2)14(17)15(19)18-16-7-11-4-12(8-16)6-13(5-11)9-16;/h10-14H,3-9,17H2,1-2H3,(H,18,19);1H/t10?,11?,12?,13?,14-,16?;/m0./s1. The minimum atomic E-state index is -0.335. The number of carbonyl (C=O) groups is 1. The Morgan fingerprint density at radius 3 is 2.05 bits per heavy atom. The zero-order valence-electron chi connectivity index (χ0n) is 12.7. The van der Waals surface area contributed by atoms with Crippen LogP contribution in [-0.4, -0.2) is 17.5 Å². The largest absolute Gasteiger partial charge is 0.349 e. The number of rotatable bonds is 4. The summed E-state index contributed by atoms with van der Waals surface area (Å²) in [5.74, 6) is 2.97. The lowest BCUT2D eigenvalue weighted by Crippen LogP contribution is -2.62. The average molecular weight is 301 g/mol. The van der Waals surface area contributed by atoms with Gasteiger partial charge in [0.05, 0.1) is 6.04 Å². The maximum Gasteiger partial charge on any atom is 0.237 e. The van der Waals surface area contributed by atoms with Gasteiger partial charge in [0, 0.05) is 5.54 Å². The summed E-state index contributed by atoms with van der Waals surface area (Å²) in [6, 6.07) is -0.335. The van der Waals surface area contributed by atoms with Crippen molar-refractivity contribution >= 4 is 18.3 Å². The van der Waals surface area contributed by atoms with Crippen molar-refractivity contribution in [3.63, 3.8) is 0 Å². The molecule has 0 heterocycles. The fourth-order valence-electron chi connectivity index (χ4n) is 5.12. The molecule has 20 heavy (non-hydrogen) atoms. The van der Waals surface area contributed by atoms with Gasteiger partial charge in [0.1, 0.15) is 0 Å². The van der Waals surface area contributed by atoms with Crippen molar-refractivity contribution in [2.75, 3.05) is 0 Å². The zero-order chi connectivity index (χ0) is 13.6. The third kappa shape index (κ3) is 2.85. The highest BCUT2D eigenvalue weighted by Crippen LogP contribution is 2.55. The van der Waals surface area contributed by atoms with Crippen molar-refractivity contribution in [1.82, 2.24) is 5.32 Å². The summed E-state index contributed by atoms with van der Waals surface area (Å²) in [6.07, 6.45) is 8.81. The summed E-state index contributed by atoms with van der Waals surface area (Å²) >= 11 is 0. The molecule has 0 aromatic heterocycles. The molecule has 4 bridgehead atoms. The summed E-state index contributed by atoms with van der Waals surface area (Å²) in [5.41, 5.74) is 6.20. The summed E-state index contributed by atoms with van der Waals surface area (Å²) in [6.45, 7) is 4.17. The Balaban J connectivity index is 0.00000147. The molecule has 0 aliphatic heterocycles. The SMILES string of the molecule is CCC(C)[C@H](N)C(=O)NC12CC3CC(CC(C3)C1)C2.Cl. The minimum absolute atomic E-state index is 0. The van der Waals surface area contributed by atoms with E-state index in [1.54, 1.807) is 0 Å². The molecular formula is C16H29ClN2O. The van der Waals surface area contributed by atoms with Crippen LogP contribution in [-0.2, 0) is 4.79 Å². The van der Waals surface area contributed by atoms with E-state index in [4.69, 9.17) is 5.73 Å². The average Bonchev–Trinajstić information content (AvgIpc) is 2.34.